The van der Waals surface area contributed by atoms with Gasteiger partial charge in [0.25, 0.3) is 0 Å². The van der Waals surface area contributed by atoms with Crippen molar-refractivity contribution in [1.82, 2.24) is 4.90 Å². The first-order chi connectivity index (χ1) is 13.4. The summed E-state index contributed by atoms with van der Waals surface area (Å²) < 4.78 is 11.5. The number of carboxylic acid groups (broad SMARTS) is 1. The molecule has 6 nitrogen and oxygen atoms in total. The van der Waals surface area contributed by atoms with Crippen LogP contribution in [0, 0.1) is 23.2 Å². The van der Waals surface area contributed by atoms with Gasteiger partial charge in [0, 0.05) is 32.7 Å². The molecule has 29 heavy (non-hydrogen) atoms. The molecule has 0 saturated heterocycles. The first kappa shape index (κ1) is 27.9. The molecule has 1 N–H and O–H groups in total. The van der Waals surface area contributed by atoms with Crippen LogP contribution in [0.15, 0.2) is 0 Å². The van der Waals surface area contributed by atoms with Crippen LogP contribution in [0.2, 0.25) is 0 Å². The summed E-state index contributed by atoms with van der Waals surface area (Å²) in [6, 6.07) is 0. The lowest BCUT2D eigenvalue weighted by Crippen LogP contribution is -2.37. The number of nitrogens with zero attached hydrogens (tertiary/aromatic N) is 1. The molecule has 0 aromatic heterocycles. The standard InChI is InChI=1S/C23H45NO5/c1-18(2)14-19(3)16-28-12-10-24(21(25)8-9-22(26)27)11-13-29-17-20(4)15-23(5,6)7/h18-20H,8-17H2,1-7H3,(H,26,27). The van der Waals surface area contributed by atoms with Crippen molar-refractivity contribution in [2.24, 2.45) is 23.2 Å². The molecule has 0 aliphatic heterocycles. The molecule has 172 valence electrons. The molecule has 0 fully saturated rings. The predicted molar refractivity (Wildman–Crippen MR) is 117 cm³/mol. The second-order valence-corrected chi connectivity index (χ2v) is 10.0. The lowest BCUT2D eigenvalue weighted by molar-refractivity contribution is -0.141. The minimum atomic E-state index is -0.954. The van der Waals surface area contributed by atoms with Crippen molar-refractivity contribution in [1.29, 1.82) is 0 Å². The topological polar surface area (TPSA) is 76.1 Å². The van der Waals surface area contributed by atoms with Crippen LogP contribution in [-0.2, 0) is 19.1 Å². The van der Waals surface area contributed by atoms with Gasteiger partial charge in [0.15, 0.2) is 0 Å². The number of aliphatic carboxylic acids is 1. The Hall–Kier alpha value is -1.14. The molecular formula is C23H45NO5. The summed E-state index contributed by atoms with van der Waals surface area (Å²) in [4.78, 5) is 24.8. The van der Waals surface area contributed by atoms with Gasteiger partial charge in [0.05, 0.1) is 19.6 Å². The second-order valence-electron chi connectivity index (χ2n) is 10.0. The fraction of sp³-hybridized carbons (Fsp3) is 0.913. The van der Waals surface area contributed by atoms with E-state index in [-0.39, 0.29) is 24.2 Å². The van der Waals surface area contributed by atoms with Gasteiger partial charge in [-0.2, -0.15) is 0 Å². The molecule has 0 spiro atoms. The van der Waals surface area contributed by atoms with Gasteiger partial charge in [-0.25, -0.2) is 0 Å². The highest BCUT2D eigenvalue weighted by Crippen LogP contribution is 2.24. The molecule has 2 unspecified atom stereocenters. The van der Waals surface area contributed by atoms with Gasteiger partial charge >= 0.3 is 5.97 Å². The number of carbonyl (C=O) groups is 2. The highest BCUT2D eigenvalue weighted by molar-refractivity contribution is 5.80. The van der Waals surface area contributed by atoms with E-state index < -0.39 is 5.97 Å². The number of rotatable bonds is 16. The SMILES string of the molecule is CC(C)CC(C)COCCN(CCOCC(C)CC(C)(C)C)C(=O)CCC(=O)O. The Bertz CT molecular complexity index is 459. The van der Waals surface area contributed by atoms with Crippen molar-refractivity contribution in [2.75, 3.05) is 39.5 Å². The van der Waals surface area contributed by atoms with Gasteiger partial charge < -0.3 is 19.5 Å². The van der Waals surface area contributed by atoms with Crippen LogP contribution >= 0.6 is 0 Å². The monoisotopic (exact) mass is 415 g/mol. The third-order valence-corrected chi connectivity index (χ3v) is 4.56. The summed E-state index contributed by atoms with van der Waals surface area (Å²) in [5.41, 5.74) is 0.269. The summed E-state index contributed by atoms with van der Waals surface area (Å²) in [5.74, 6) is 0.471. The maximum absolute atomic E-state index is 12.4. The van der Waals surface area contributed by atoms with E-state index in [9.17, 15) is 9.59 Å². The highest BCUT2D eigenvalue weighted by atomic mass is 16.5. The van der Waals surface area contributed by atoms with Crippen molar-refractivity contribution >= 4 is 11.9 Å². The van der Waals surface area contributed by atoms with E-state index in [0.29, 0.717) is 57.3 Å². The largest absolute Gasteiger partial charge is 0.481 e. The Balaban J connectivity index is 4.36. The van der Waals surface area contributed by atoms with Crippen LogP contribution in [0.25, 0.3) is 0 Å². The Morgan fingerprint density at radius 1 is 0.897 bits per heavy atom. The number of hydrogen-bond acceptors (Lipinski definition) is 4. The number of carboxylic acids is 1. The summed E-state index contributed by atoms with van der Waals surface area (Å²) in [6.07, 6.45) is 2.06. The van der Waals surface area contributed by atoms with Gasteiger partial charge in [-0.05, 0) is 36.0 Å². The summed E-state index contributed by atoms with van der Waals surface area (Å²) in [6.45, 7) is 18.6. The maximum Gasteiger partial charge on any atom is 0.303 e. The zero-order valence-electron chi connectivity index (χ0n) is 19.8. The van der Waals surface area contributed by atoms with Gasteiger partial charge in [-0.1, -0.05) is 48.5 Å². The smallest absolute Gasteiger partial charge is 0.303 e. The molecule has 0 saturated carbocycles. The van der Waals surface area contributed by atoms with E-state index in [1.54, 1.807) is 4.90 Å². The number of amides is 1. The van der Waals surface area contributed by atoms with Crippen LogP contribution in [0.5, 0.6) is 0 Å². The third-order valence-electron chi connectivity index (χ3n) is 4.56. The average Bonchev–Trinajstić information content (AvgIpc) is 2.55. The molecule has 0 bridgehead atoms. The normalized spacial score (nSPS) is 14.1. The Labute approximate surface area is 178 Å². The van der Waals surface area contributed by atoms with Crippen molar-refractivity contribution in [3.05, 3.63) is 0 Å². The fourth-order valence-electron chi connectivity index (χ4n) is 3.63. The fourth-order valence-corrected chi connectivity index (χ4v) is 3.63. The molecule has 0 aliphatic carbocycles. The van der Waals surface area contributed by atoms with E-state index in [2.05, 4.69) is 48.5 Å². The third kappa shape index (κ3) is 17.4. The molecule has 1 amide bonds. The molecule has 0 aromatic carbocycles. The highest BCUT2D eigenvalue weighted by Gasteiger charge is 2.17. The number of carbonyl (C=O) groups excluding carboxylic acids is 1. The first-order valence-corrected chi connectivity index (χ1v) is 11.1. The van der Waals surface area contributed by atoms with Crippen LogP contribution in [-0.4, -0.2) is 61.4 Å². The maximum atomic E-state index is 12.4. The van der Waals surface area contributed by atoms with Crippen LogP contribution in [0.1, 0.15) is 74.1 Å². The van der Waals surface area contributed by atoms with Gasteiger partial charge in [0.1, 0.15) is 0 Å². The molecule has 0 heterocycles. The molecule has 0 aromatic rings. The molecule has 0 aliphatic rings. The Morgan fingerprint density at radius 3 is 1.86 bits per heavy atom. The molecule has 2 atom stereocenters. The summed E-state index contributed by atoms with van der Waals surface area (Å²) in [5, 5.41) is 8.84. The zero-order valence-corrected chi connectivity index (χ0v) is 19.8. The lowest BCUT2D eigenvalue weighted by Gasteiger charge is -2.25. The molecular weight excluding hydrogens is 370 g/mol. The minimum Gasteiger partial charge on any atom is -0.481 e. The van der Waals surface area contributed by atoms with Crippen molar-refractivity contribution in [2.45, 2.75) is 74.1 Å². The van der Waals surface area contributed by atoms with E-state index in [0.717, 1.165) is 12.8 Å². The van der Waals surface area contributed by atoms with E-state index in [1.165, 1.54) is 0 Å². The summed E-state index contributed by atoms with van der Waals surface area (Å²) in [7, 11) is 0. The average molecular weight is 416 g/mol. The van der Waals surface area contributed by atoms with Gasteiger partial charge in [-0.3, -0.25) is 9.59 Å². The van der Waals surface area contributed by atoms with E-state index in [4.69, 9.17) is 14.6 Å². The zero-order chi connectivity index (χ0) is 22.4. The van der Waals surface area contributed by atoms with Crippen molar-refractivity contribution in [3.8, 4) is 0 Å². The first-order valence-electron chi connectivity index (χ1n) is 11.1. The molecule has 6 heteroatoms. The van der Waals surface area contributed by atoms with Crippen LogP contribution in [0.4, 0.5) is 0 Å². The van der Waals surface area contributed by atoms with Gasteiger partial charge in [-0.15, -0.1) is 0 Å². The number of ether oxygens (including phenoxy) is 2. The van der Waals surface area contributed by atoms with Crippen molar-refractivity contribution < 1.29 is 24.2 Å². The Morgan fingerprint density at radius 2 is 1.41 bits per heavy atom. The van der Waals surface area contributed by atoms with Crippen LogP contribution in [0.3, 0.4) is 0 Å². The summed E-state index contributed by atoms with van der Waals surface area (Å²) >= 11 is 0. The lowest BCUT2D eigenvalue weighted by atomic mass is 9.86. The molecule has 0 radical (unpaired) electrons. The number of hydrogen-bond donors (Lipinski definition) is 1. The van der Waals surface area contributed by atoms with E-state index in [1.807, 2.05) is 0 Å². The Kier molecular flexibility index (Phi) is 14.2. The second kappa shape index (κ2) is 14.8. The van der Waals surface area contributed by atoms with Crippen molar-refractivity contribution in [3.63, 3.8) is 0 Å². The minimum absolute atomic E-state index is 0.0134. The predicted octanol–water partition coefficient (Wildman–Crippen LogP) is 4.47. The van der Waals surface area contributed by atoms with Crippen LogP contribution < -0.4 is 0 Å². The quantitative estimate of drug-likeness (QED) is 0.377. The molecule has 0 rings (SSSR count). The van der Waals surface area contributed by atoms with Gasteiger partial charge in [0.2, 0.25) is 5.91 Å². The van der Waals surface area contributed by atoms with E-state index >= 15 is 0 Å².